The first-order valence-corrected chi connectivity index (χ1v) is 6.65. The van der Waals surface area contributed by atoms with E-state index in [1.807, 2.05) is 47.2 Å². The average molecular weight is 282 g/mol. The summed E-state index contributed by atoms with van der Waals surface area (Å²) in [5, 5.41) is 11.6. The van der Waals surface area contributed by atoms with Gasteiger partial charge >= 0.3 is 0 Å². The summed E-state index contributed by atoms with van der Waals surface area (Å²) in [6, 6.07) is 16.4. The van der Waals surface area contributed by atoms with Gasteiger partial charge in [-0.15, -0.1) is 0 Å². The summed E-state index contributed by atoms with van der Waals surface area (Å²) in [4.78, 5) is 10.4. The molecule has 0 atom stereocenters. The molecule has 3 aromatic rings. The number of nitro benzene ring substituents is 1. The number of non-ortho nitro benzene ring substituents is 1. The molecule has 0 unspecified atom stereocenters. The molecule has 5 nitrogen and oxygen atoms in total. The number of ether oxygens (including phenoxy) is 1. The van der Waals surface area contributed by atoms with Gasteiger partial charge in [-0.2, -0.15) is 0 Å². The summed E-state index contributed by atoms with van der Waals surface area (Å²) in [5.41, 5.74) is 1.08. The van der Waals surface area contributed by atoms with Crippen molar-refractivity contribution in [3.63, 3.8) is 0 Å². The van der Waals surface area contributed by atoms with Crippen molar-refractivity contribution in [1.29, 1.82) is 0 Å². The molecule has 3 rings (SSSR count). The minimum absolute atomic E-state index is 0.112. The minimum Gasteiger partial charge on any atom is -0.492 e. The highest BCUT2D eigenvalue weighted by Crippen LogP contribution is 2.22. The fourth-order valence-electron chi connectivity index (χ4n) is 2.27. The maximum atomic E-state index is 10.8. The Morgan fingerprint density at radius 1 is 1.10 bits per heavy atom. The number of fused-ring (bicyclic) bond motifs is 1. The first-order valence-electron chi connectivity index (χ1n) is 6.65. The zero-order valence-corrected chi connectivity index (χ0v) is 11.3. The molecule has 0 bridgehead atoms. The van der Waals surface area contributed by atoms with Gasteiger partial charge in [0, 0.05) is 29.2 Å². The molecule has 0 aliphatic rings. The number of para-hydroxylation sites is 1. The lowest BCUT2D eigenvalue weighted by Crippen LogP contribution is -2.07. The van der Waals surface area contributed by atoms with Gasteiger partial charge in [0.15, 0.2) is 0 Å². The Bertz CT molecular complexity index is 766. The Balaban J connectivity index is 1.71. The molecule has 0 amide bonds. The number of hydrogen-bond acceptors (Lipinski definition) is 3. The zero-order valence-electron chi connectivity index (χ0n) is 11.3. The number of nitrogens with zero attached hydrogens (tertiary/aromatic N) is 2. The third kappa shape index (κ3) is 2.86. The van der Waals surface area contributed by atoms with Crippen LogP contribution in [-0.2, 0) is 6.54 Å². The molecule has 0 fully saturated rings. The second-order valence-corrected chi connectivity index (χ2v) is 4.67. The molecule has 0 aliphatic carbocycles. The second kappa shape index (κ2) is 5.66. The van der Waals surface area contributed by atoms with Crippen molar-refractivity contribution >= 4 is 16.6 Å². The molecule has 106 valence electrons. The summed E-state index contributed by atoms with van der Waals surface area (Å²) >= 11 is 0. The van der Waals surface area contributed by atoms with E-state index in [1.54, 1.807) is 12.1 Å². The SMILES string of the molecule is O=[N+]([O-])c1ccc2c(ccn2CCOc2ccccc2)c1. The Morgan fingerprint density at radius 3 is 2.67 bits per heavy atom. The van der Waals surface area contributed by atoms with Crippen molar-refractivity contribution in [2.24, 2.45) is 0 Å². The summed E-state index contributed by atoms with van der Waals surface area (Å²) in [5.74, 6) is 0.838. The van der Waals surface area contributed by atoms with E-state index in [9.17, 15) is 10.1 Å². The molecule has 0 saturated heterocycles. The first-order chi connectivity index (χ1) is 10.2. The van der Waals surface area contributed by atoms with E-state index in [2.05, 4.69) is 0 Å². The van der Waals surface area contributed by atoms with E-state index in [-0.39, 0.29) is 10.6 Å². The smallest absolute Gasteiger partial charge is 0.270 e. The summed E-state index contributed by atoms with van der Waals surface area (Å²) in [6.07, 6.45) is 1.92. The van der Waals surface area contributed by atoms with Crippen LogP contribution in [-0.4, -0.2) is 16.1 Å². The van der Waals surface area contributed by atoms with Gasteiger partial charge in [0.2, 0.25) is 0 Å². The van der Waals surface area contributed by atoms with E-state index in [0.29, 0.717) is 13.2 Å². The molecule has 0 saturated carbocycles. The van der Waals surface area contributed by atoms with E-state index in [4.69, 9.17) is 4.74 Å². The molecule has 0 aliphatic heterocycles. The lowest BCUT2D eigenvalue weighted by Gasteiger charge is -2.08. The highest BCUT2D eigenvalue weighted by Gasteiger charge is 2.08. The maximum Gasteiger partial charge on any atom is 0.270 e. The number of aromatic nitrogens is 1. The van der Waals surface area contributed by atoms with Gasteiger partial charge in [-0.3, -0.25) is 10.1 Å². The van der Waals surface area contributed by atoms with Crippen molar-refractivity contribution in [1.82, 2.24) is 4.57 Å². The normalized spacial score (nSPS) is 10.7. The van der Waals surface area contributed by atoms with E-state index < -0.39 is 0 Å². The quantitative estimate of drug-likeness (QED) is 0.530. The van der Waals surface area contributed by atoms with E-state index in [1.165, 1.54) is 6.07 Å². The van der Waals surface area contributed by atoms with Crippen LogP contribution in [0.2, 0.25) is 0 Å². The topological polar surface area (TPSA) is 57.3 Å². The molecule has 2 aromatic carbocycles. The lowest BCUT2D eigenvalue weighted by atomic mass is 10.2. The molecule has 0 N–H and O–H groups in total. The lowest BCUT2D eigenvalue weighted by molar-refractivity contribution is -0.384. The predicted octanol–water partition coefficient (Wildman–Crippen LogP) is 3.63. The van der Waals surface area contributed by atoms with Crippen LogP contribution in [0.4, 0.5) is 5.69 Å². The van der Waals surface area contributed by atoms with Crippen molar-refractivity contribution in [3.8, 4) is 5.75 Å². The van der Waals surface area contributed by atoms with Crippen LogP contribution in [0, 0.1) is 10.1 Å². The van der Waals surface area contributed by atoms with Crippen molar-refractivity contribution in [3.05, 3.63) is 70.9 Å². The molecule has 0 spiro atoms. The number of hydrogen-bond donors (Lipinski definition) is 0. The van der Waals surface area contributed by atoms with Crippen molar-refractivity contribution in [2.45, 2.75) is 6.54 Å². The maximum absolute atomic E-state index is 10.8. The molecule has 5 heteroatoms. The Labute approximate surface area is 121 Å². The van der Waals surface area contributed by atoms with Crippen LogP contribution in [0.1, 0.15) is 0 Å². The largest absolute Gasteiger partial charge is 0.492 e. The van der Waals surface area contributed by atoms with Crippen LogP contribution in [0.25, 0.3) is 10.9 Å². The van der Waals surface area contributed by atoms with Gasteiger partial charge in [0.25, 0.3) is 5.69 Å². The zero-order chi connectivity index (χ0) is 14.7. The third-order valence-electron chi connectivity index (χ3n) is 3.31. The monoisotopic (exact) mass is 282 g/mol. The minimum atomic E-state index is -0.380. The van der Waals surface area contributed by atoms with Gasteiger partial charge < -0.3 is 9.30 Å². The fraction of sp³-hybridized carbons (Fsp3) is 0.125. The molecular weight excluding hydrogens is 268 g/mol. The number of benzene rings is 2. The van der Waals surface area contributed by atoms with Gasteiger partial charge in [-0.1, -0.05) is 18.2 Å². The molecule has 21 heavy (non-hydrogen) atoms. The van der Waals surface area contributed by atoms with Crippen molar-refractivity contribution in [2.75, 3.05) is 6.61 Å². The van der Waals surface area contributed by atoms with Gasteiger partial charge in [0.05, 0.1) is 11.5 Å². The van der Waals surface area contributed by atoms with E-state index in [0.717, 1.165) is 16.7 Å². The molecule has 0 radical (unpaired) electrons. The van der Waals surface area contributed by atoms with Crippen molar-refractivity contribution < 1.29 is 9.66 Å². The number of rotatable bonds is 5. The summed E-state index contributed by atoms with van der Waals surface area (Å²) in [6.45, 7) is 1.24. The highest BCUT2D eigenvalue weighted by atomic mass is 16.6. The first kappa shape index (κ1) is 13.2. The van der Waals surface area contributed by atoms with Crippen LogP contribution >= 0.6 is 0 Å². The van der Waals surface area contributed by atoms with Crippen LogP contribution < -0.4 is 4.74 Å². The molecule has 1 aromatic heterocycles. The highest BCUT2D eigenvalue weighted by molar-refractivity contribution is 5.82. The van der Waals surface area contributed by atoms with Gasteiger partial charge in [-0.05, 0) is 24.3 Å². The van der Waals surface area contributed by atoms with Crippen LogP contribution in [0.5, 0.6) is 5.75 Å². The summed E-state index contributed by atoms with van der Waals surface area (Å²) < 4.78 is 7.69. The Morgan fingerprint density at radius 2 is 1.90 bits per heavy atom. The van der Waals surface area contributed by atoms with Gasteiger partial charge in [-0.25, -0.2) is 0 Å². The molecular formula is C16H14N2O3. The standard InChI is InChI=1S/C16H14N2O3/c19-18(20)14-6-7-16-13(12-14)8-9-17(16)10-11-21-15-4-2-1-3-5-15/h1-9,12H,10-11H2. The molecule has 1 heterocycles. The predicted molar refractivity (Wildman–Crippen MR) is 80.5 cm³/mol. The van der Waals surface area contributed by atoms with Gasteiger partial charge in [0.1, 0.15) is 12.4 Å². The fourth-order valence-corrected chi connectivity index (χ4v) is 2.27. The number of nitro groups is 1. The Hall–Kier alpha value is -2.82. The second-order valence-electron chi connectivity index (χ2n) is 4.67. The van der Waals surface area contributed by atoms with Crippen LogP contribution in [0.15, 0.2) is 60.8 Å². The summed E-state index contributed by atoms with van der Waals surface area (Å²) in [7, 11) is 0. The Kier molecular flexibility index (Phi) is 3.55. The van der Waals surface area contributed by atoms with Crippen LogP contribution in [0.3, 0.4) is 0 Å². The average Bonchev–Trinajstić information content (AvgIpc) is 2.91. The van der Waals surface area contributed by atoms with E-state index >= 15 is 0 Å². The third-order valence-corrected chi connectivity index (χ3v) is 3.31.